The van der Waals surface area contributed by atoms with Crippen molar-refractivity contribution in [3.05, 3.63) is 114 Å². The van der Waals surface area contributed by atoms with Crippen LogP contribution in [0.25, 0.3) is 11.2 Å². The van der Waals surface area contributed by atoms with Gasteiger partial charge in [-0.25, -0.2) is 15.0 Å². The highest BCUT2D eigenvalue weighted by Gasteiger charge is 2.48. The molecule has 1 aliphatic heterocycles. The van der Waals surface area contributed by atoms with Gasteiger partial charge in [-0.3, -0.25) is 4.57 Å². The number of imidazole rings is 1. The lowest BCUT2D eigenvalue weighted by molar-refractivity contribution is -0.0822. The Labute approximate surface area is 307 Å². The quantitative estimate of drug-likeness (QED) is 0.0962. The number of nitriles is 1. The molecule has 271 valence electrons. The van der Waals surface area contributed by atoms with Crippen LogP contribution in [0.2, 0.25) is 18.1 Å². The first-order valence-electron chi connectivity index (χ1n) is 17.3. The molecule has 1 fully saturated rings. The van der Waals surface area contributed by atoms with Crippen molar-refractivity contribution in [2.24, 2.45) is 0 Å². The summed E-state index contributed by atoms with van der Waals surface area (Å²) in [6, 6.07) is 28.3. The Morgan fingerprint density at radius 2 is 1.44 bits per heavy atom. The molecule has 3 aromatic carbocycles. The van der Waals surface area contributed by atoms with Crippen LogP contribution < -0.4 is 14.4 Å². The summed E-state index contributed by atoms with van der Waals surface area (Å²) in [7, 11) is 4.72. The van der Waals surface area contributed by atoms with E-state index in [4.69, 9.17) is 23.4 Å². The molecule has 1 aliphatic rings. The Bertz CT molecular complexity index is 1970. The summed E-state index contributed by atoms with van der Waals surface area (Å²) in [5.41, 5.74) is 2.73. The van der Waals surface area contributed by atoms with Crippen LogP contribution in [0.4, 0.5) is 5.82 Å². The van der Waals surface area contributed by atoms with E-state index in [2.05, 4.69) is 73.4 Å². The van der Waals surface area contributed by atoms with E-state index in [1.54, 1.807) is 18.8 Å². The minimum Gasteiger partial charge on any atom is -0.497 e. The number of nitrogens with zero attached hydrogens (tertiary/aromatic N) is 6. The SMILES string of the molecule is COc1ccc(C(OC[C@H]2[CH][C@@H](O[Si](C)(C)C(C)(C)C)[C@H](n3c(C#N)nc4c(N(C)C)ncnc43)O2)(c2ccccc2)c2ccc(OC)cc2)cc1. The summed E-state index contributed by atoms with van der Waals surface area (Å²) >= 11 is 0. The maximum atomic E-state index is 10.4. The Morgan fingerprint density at radius 1 is 0.865 bits per heavy atom. The van der Waals surface area contributed by atoms with Gasteiger partial charge in [0.1, 0.15) is 29.5 Å². The fourth-order valence-corrected chi connectivity index (χ4v) is 7.58. The average molecular weight is 720 g/mol. The van der Waals surface area contributed by atoms with Crippen LogP contribution in [0.1, 0.15) is 49.5 Å². The molecule has 0 unspecified atom stereocenters. The zero-order valence-corrected chi connectivity index (χ0v) is 32.3. The number of hydrogen-bond donors (Lipinski definition) is 0. The maximum absolute atomic E-state index is 10.4. The number of hydrogen-bond acceptors (Lipinski definition) is 10. The van der Waals surface area contributed by atoms with E-state index < -0.39 is 32.4 Å². The lowest BCUT2D eigenvalue weighted by atomic mass is 9.80. The molecule has 6 rings (SSSR count). The van der Waals surface area contributed by atoms with E-state index >= 15 is 0 Å². The van der Waals surface area contributed by atoms with Crippen LogP contribution >= 0.6 is 0 Å². The lowest BCUT2D eigenvalue weighted by Crippen LogP contribution is -2.45. The highest BCUT2D eigenvalue weighted by molar-refractivity contribution is 6.74. The summed E-state index contributed by atoms with van der Waals surface area (Å²) in [6.07, 6.45) is 1.76. The van der Waals surface area contributed by atoms with Gasteiger partial charge in [0.25, 0.3) is 0 Å². The topological polar surface area (TPSA) is 117 Å². The minimum atomic E-state index is -2.35. The van der Waals surface area contributed by atoms with Crippen molar-refractivity contribution >= 4 is 25.3 Å². The normalized spacial score (nSPS) is 18.0. The molecule has 0 amide bonds. The second-order valence-corrected chi connectivity index (χ2v) is 19.4. The van der Waals surface area contributed by atoms with Crippen molar-refractivity contribution in [2.45, 2.75) is 62.9 Å². The van der Waals surface area contributed by atoms with Crippen molar-refractivity contribution in [3.63, 3.8) is 0 Å². The van der Waals surface area contributed by atoms with Gasteiger partial charge in [-0.05, 0) is 59.1 Å². The van der Waals surface area contributed by atoms with E-state index in [9.17, 15) is 5.26 Å². The standard InChI is InChI=1S/C40H47N6O5Si/c1-39(2,3)52(8,9)51-33-23-32(50-38(33)46-34(24-41)44-35-36(45(4)5)42-26-43-37(35)46)25-49-40(27-13-11-10-12-14-27,28-15-19-30(47-6)20-16-28)29-17-21-31(48-7)22-18-29/h10-23,26,32-33,38H,25H2,1-9H3/t32-,33-,38-/m1/s1. The van der Waals surface area contributed by atoms with Crippen LogP contribution in [-0.2, 0) is 19.5 Å². The van der Waals surface area contributed by atoms with Gasteiger partial charge in [0.05, 0.1) is 33.0 Å². The molecule has 12 heteroatoms. The Balaban J connectivity index is 1.44. The number of anilines is 1. The number of aromatic nitrogens is 4. The molecule has 5 aromatic rings. The highest BCUT2D eigenvalue weighted by atomic mass is 28.4. The predicted molar refractivity (Wildman–Crippen MR) is 203 cm³/mol. The first-order valence-corrected chi connectivity index (χ1v) is 20.2. The fourth-order valence-electron chi connectivity index (χ4n) is 6.35. The zero-order chi connectivity index (χ0) is 37.3. The van der Waals surface area contributed by atoms with Crippen LogP contribution in [0.15, 0.2) is 85.2 Å². The zero-order valence-electron chi connectivity index (χ0n) is 31.3. The molecule has 0 aliphatic carbocycles. The number of methoxy groups -OCH3 is 2. The molecule has 0 N–H and O–H groups in total. The van der Waals surface area contributed by atoms with Crippen molar-refractivity contribution in [2.75, 3.05) is 39.8 Å². The van der Waals surface area contributed by atoms with E-state index in [1.165, 1.54) is 6.33 Å². The molecule has 0 bridgehead atoms. The van der Waals surface area contributed by atoms with Gasteiger partial charge < -0.3 is 28.3 Å². The van der Waals surface area contributed by atoms with Gasteiger partial charge in [0.2, 0.25) is 5.82 Å². The molecule has 0 saturated carbocycles. The minimum absolute atomic E-state index is 0.0828. The van der Waals surface area contributed by atoms with Crippen LogP contribution in [-0.4, -0.2) is 75.0 Å². The summed E-state index contributed by atoms with van der Waals surface area (Å²) in [4.78, 5) is 15.6. The van der Waals surface area contributed by atoms with Gasteiger partial charge in [-0.15, -0.1) is 0 Å². The number of rotatable bonds is 12. The van der Waals surface area contributed by atoms with Gasteiger partial charge in [-0.1, -0.05) is 75.4 Å². The van der Waals surface area contributed by atoms with E-state index in [-0.39, 0.29) is 17.5 Å². The van der Waals surface area contributed by atoms with Crippen molar-refractivity contribution in [3.8, 4) is 17.6 Å². The molecule has 1 radical (unpaired) electrons. The molecule has 11 nitrogen and oxygen atoms in total. The maximum Gasteiger partial charge on any atom is 0.217 e. The van der Waals surface area contributed by atoms with Crippen LogP contribution in [0, 0.1) is 17.8 Å². The number of benzene rings is 3. The highest BCUT2D eigenvalue weighted by Crippen LogP contribution is 2.45. The van der Waals surface area contributed by atoms with Crippen molar-refractivity contribution in [1.82, 2.24) is 19.5 Å². The number of fused-ring (bicyclic) bond motifs is 1. The predicted octanol–water partition coefficient (Wildman–Crippen LogP) is 7.28. The van der Waals surface area contributed by atoms with Crippen LogP contribution in [0.3, 0.4) is 0 Å². The largest absolute Gasteiger partial charge is 0.497 e. The van der Waals surface area contributed by atoms with Gasteiger partial charge in [0.15, 0.2) is 31.5 Å². The third-order valence-electron chi connectivity index (χ3n) is 10.1. The van der Waals surface area contributed by atoms with E-state index in [1.807, 2.05) is 85.7 Å². The van der Waals surface area contributed by atoms with Crippen LogP contribution in [0.5, 0.6) is 11.5 Å². The molecule has 3 heterocycles. The molecular formula is C40H47N6O5Si. The van der Waals surface area contributed by atoms with Gasteiger partial charge in [-0.2, -0.15) is 5.26 Å². The van der Waals surface area contributed by atoms with Crippen molar-refractivity contribution < 1.29 is 23.4 Å². The summed E-state index contributed by atoms with van der Waals surface area (Å²) in [5, 5.41) is 10.3. The number of ether oxygens (including phenoxy) is 4. The van der Waals surface area contributed by atoms with Crippen molar-refractivity contribution in [1.29, 1.82) is 5.26 Å². The lowest BCUT2D eigenvalue weighted by Gasteiger charge is -2.39. The smallest absolute Gasteiger partial charge is 0.217 e. The second kappa shape index (κ2) is 14.7. The second-order valence-electron chi connectivity index (χ2n) is 14.6. The Hall–Kier alpha value is -4.80. The Kier molecular flexibility index (Phi) is 10.4. The molecular weight excluding hydrogens is 673 g/mol. The first-order chi connectivity index (χ1) is 24.8. The molecule has 52 heavy (non-hydrogen) atoms. The van der Waals surface area contributed by atoms with Gasteiger partial charge in [0, 0.05) is 20.5 Å². The summed E-state index contributed by atoms with van der Waals surface area (Å²) < 4.78 is 33.9. The molecule has 2 aromatic heterocycles. The van der Waals surface area contributed by atoms with E-state index in [0.29, 0.717) is 17.0 Å². The van der Waals surface area contributed by atoms with Gasteiger partial charge >= 0.3 is 0 Å². The average Bonchev–Trinajstić information content (AvgIpc) is 3.72. The first kappa shape index (κ1) is 37.0. The molecule has 0 spiro atoms. The Morgan fingerprint density at radius 3 is 1.96 bits per heavy atom. The molecule has 1 saturated heterocycles. The monoisotopic (exact) mass is 719 g/mol. The fraction of sp³-hybridized carbons (Fsp3) is 0.375. The molecule has 3 atom stereocenters. The summed E-state index contributed by atoms with van der Waals surface area (Å²) in [5.74, 6) is 2.25. The third kappa shape index (κ3) is 6.89. The summed E-state index contributed by atoms with van der Waals surface area (Å²) in [6.45, 7) is 11.2. The van der Waals surface area contributed by atoms with E-state index in [0.717, 1.165) is 28.2 Å². The third-order valence-corrected chi connectivity index (χ3v) is 14.6.